The van der Waals surface area contributed by atoms with Crippen LogP contribution in [0.15, 0.2) is 66.1 Å². The van der Waals surface area contributed by atoms with Crippen molar-refractivity contribution < 1.29 is 22.7 Å². The number of halogens is 3. The fourth-order valence-electron chi connectivity index (χ4n) is 6.02. The minimum Gasteiger partial charge on any atom is -0.483 e. The zero-order valence-corrected chi connectivity index (χ0v) is 24.3. The molecule has 2 saturated heterocycles. The lowest BCUT2D eigenvalue weighted by Gasteiger charge is -2.37. The Morgan fingerprint density at radius 2 is 1.53 bits per heavy atom. The van der Waals surface area contributed by atoms with Crippen LogP contribution < -0.4 is 20.9 Å². The van der Waals surface area contributed by atoms with Crippen molar-refractivity contribution in [1.29, 1.82) is 0 Å². The van der Waals surface area contributed by atoms with Crippen LogP contribution in [0.1, 0.15) is 11.1 Å². The van der Waals surface area contributed by atoms with Gasteiger partial charge in [0.1, 0.15) is 0 Å². The standard InChI is InChI=1S/C31H38F3N7O2/c1-43-28-9-4-23(19-35-28)21-39-10-14-40(15-11-39)25-7-8-26-27(18-25)37-29(36-26)30(42)41-16-12-38(13-17-41)20-22-2-5-24(6-3-22)31(32,33)34/h2-9,18,29,35-37H,10-17,19-21H2,1H3. The molecule has 1 atom stereocenters. The molecule has 0 spiro atoms. The first-order valence-electron chi connectivity index (χ1n) is 14.7. The number of methoxy groups -OCH3 is 1. The third kappa shape index (κ3) is 6.86. The Hall–Kier alpha value is -3.90. The average Bonchev–Trinajstić information content (AvgIpc) is 3.45. The number of benzene rings is 2. The molecule has 9 nitrogen and oxygen atoms in total. The monoisotopic (exact) mass is 597 g/mol. The summed E-state index contributed by atoms with van der Waals surface area (Å²) in [6.45, 7) is 8.62. The molecule has 4 aliphatic heterocycles. The van der Waals surface area contributed by atoms with Crippen LogP contribution in [-0.2, 0) is 22.3 Å². The molecule has 230 valence electrons. The highest BCUT2D eigenvalue weighted by atomic mass is 19.4. The van der Waals surface area contributed by atoms with Gasteiger partial charge in [-0.15, -0.1) is 0 Å². The number of carbonyl (C=O) groups excluding carboxylic acids is 1. The van der Waals surface area contributed by atoms with Gasteiger partial charge in [-0.25, -0.2) is 0 Å². The van der Waals surface area contributed by atoms with E-state index in [2.05, 4.69) is 48.9 Å². The minimum absolute atomic E-state index is 0.000448. The number of piperazine rings is 2. The molecule has 0 radical (unpaired) electrons. The van der Waals surface area contributed by atoms with Crippen LogP contribution in [0.3, 0.4) is 0 Å². The maximum atomic E-state index is 13.3. The van der Waals surface area contributed by atoms with Crippen LogP contribution in [0.5, 0.6) is 0 Å². The van der Waals surface area contributed by atoms with E-state index >= 15 is 0 Å². The number of hydrogen-bond acceptors (Lipinski definition) is 8. The average molecular weight is 598 g/mol. The number of carbonyl (C=O) groups is 1. The molecular formula is C31H38F3N7O2. The second-order valence-electron chi connectivity index (χ2n) is 11.4. The first-order chi connectivity index (χ1) is 20.7. The van der Waals surface area contributed by atoms with Gasteiger partial charge in [0.05, 0.1) is 24.0 Å². The number of anilines is 3. The fourth-order valence-corrected chi connectivity index (χ4v) is 6.02. The van der Waals surface area contributed by atoms with Crippen molar-refractivity contribution in [2.45, 2.75) is 18.9 Å². The molecule has 0 bridgehead atoms. The summed E-state index contributed by atoms with van der Waals surface area (Å²) in [4.78, 5) is 22.2. The highest BCUT2D eigenvalue weighted by molar-refractivity contribution is 5.93. The zero-order valence-electron chi connectivity index (χ0n) is 24.3. The molecular weight excluding hydrogens is 559 g/mol. The molecule has 3 N–H and O–H groups in total. The van der Waals surface area contributed by atoms with E-state index in [9.17, 15) is 18.0 Å². The van der Waals surface area contributed by atoms with Gasteiger partial charge in [-0.05, 0) is 47.5 Å². The van der Waals surface area contributed by atoms with E-state index in [1.165, 1.54) is 17.7 Å². The quantitative estimate of drug-likeness (QED) is 0.449. The van der Waals surface area contributed by atoms with E-state index in [-0.39, 0.29) is 5.91 Å². The molecule has 0 aliphatic carbocycles. The van der Waals surface area contributed by atoms with Gasteiger partial charge in [-0.2, -0.15) is 13.2 Å². The van der Waals surface area contributed by atoms with Crippen LogP contribution in [-0.4, -0.2) is 99.3 Å². The van der Waals surface area contributed by atoms with Crippen LogP contribution in [0.2, 0.25) is 0 Å². The smallest absolute Gasteiger partial charge is 0.416 e. The molecule has 4 heterocycles. The summed E-state index contributed by atoms with van der Waals surface area (Å²) in [6, 6.07) is 11.6. The predicted octanol–water partition coefficient (Wildman–Crippen LogP) is 3.35. The van der Waals surface area contributed by atoms with E-state index in [0.717, 1.165) is 79.9 Å². The lowest BCUT2D eigenvalue weighted by Crippen LogP contribution is -2.53. The van der Waals surface area contributed by atoms with Crippen LogP contribution >= 0.6 is 0 Å². The second kappa shape index (κ2) is 12.4. The topological polar surface area (TPSA) is 75.4 Å². The number of hydrogen-bond donors (Lipinski definition) is 3. The Bertz CT molecular complexity index is 1360. The number of rotatable bonds is 7. The Morgan fingerprint density at radius 3 is 2.19 bits per heavy atom. The number of dihydropyridines is 1. The maximum Gasteiger partial charge on any atom is 0.416 e. The number of amides is 1. The number of nitrogens with one attached hydrogen (secondary N) is 3. The number of fused-ring (bicyclic) bond motifs is 1. The van der Waals surface area contributed by atoms with E-state index in [4.69, 9.17) is 4.74 Å². The summed E-state index contributed by atoms with van der Waals surface area (Å²) in [5.74, 6) is 0.800. The first-order valence-corrected chi connectivity index (χ1v) is 14.7. The van der Waals surface area contributed by atoms with Gasteiger partial charge in [0.15, 0.2) is 12.0 Å². The molecule has 0 saturated carbocycles. The lowest BCUT2D eigenvalue weighted by atomic mass is 10.1. The van der Waals surface area contributed by atoms with Crippen LogP contribution in [0.25, 0.3) is 0 Å². The molecule has 2 fully saturated rings. The molecule has 4 aliphatic rings. The van der Waals surface area contributed by atoms with Gasteiger partial charge in [-0.1, -0.05) is 18.2 Å². The summed E-state index contributed by atoms with van der Waals surface area (Å²) in [5.41, 5.74) is 4.53. The summed E-state index contributed by atoms with van der Waals surface area (Å²) in [7, 11) is 1.67. The first kappa shape index (κ1) is 29.2. The Morgan fingerprint density at radius 1 is 0.860 bits per heavy atom. The van der Waals surface area contributed by atoms with Crippen molar-refractivity contribution in [3.8, 4) is 0 Å². The van der Waals surface area contributed by atoms with Crippen molar-refractivity contribution in [2.75, 3.05) is 88.1 Å². The van der Waals surface area contributed by atoms with Gasteiger partial charge in [-0.3, -0.25) is 14.6 Å². The van der Waals surface area contributed by atoms with Gasteiger partial charge >= 0.3 is 6.18 Å². The Labute approximate surface area is 249 Å². The zero-order chi connectivity index (χ0) is 30.0. The summed E-state index contributed by atoms with van der Waals surface area (Å²) in [5, 5.41) is 9.98. The van der Waals surface area contributed by atoms with E-state index in [0.29, 0.717) is 32.7 Å². The van der Waals surface area contributed by atoms with Crippen molar-refractivity contribution >= 4 is 23.0 Å². The van der Waals surface area contributed by atoms with Crippen LogP contribution in [0, 0.1) is 0 Å². The van der Waals surface area contributed by atoms with Crippen molar-refractivity contribution in [2.24, 2.45) is 0 Å². The van der Waals surface area contributed by atoms with Crippen molar-refractivity contribution in [1.82, 2.24) is 20.0 Å². The number of ether oxygens (including phenoxy) is 1. The summed E-state index contributed by atoms with van der Waals surface area (Å²) >= 11 is 0. The predicted molar refractivity (Wildman–Crippen MR) is 161 cm³/mol. The van der Waals surface area contributed by atoms with E-state index in [1.807, 2.05) is 17.0 Å². The van der Waals surface area contributed by atoms with E-state index < -0.39 is 17.9 Å². The maximum absolute atomic E-state index is 13.3. The normalized spacial score (nSPS) is 21.3. The molecule has 0 aromatic heterocycles. The molecule has 2 aromatic carbocycles. The minimum atomic E-state index is -4.33. The number of alkyl halides is 3. The molecule has 2 aromatic rings. The van der Waals surface area contributed by atoms with Gasteiger partial charge in [0, 0.05) is 77.7 Å². The fraction of sp³-hybridized carbons (Fsp3) is 0.452. The van der Waals surface area contributed by atoms with Gasteiger partial charge in [0.25, 0.3) is 5.91 Å². The lowest BCUT2D eigenvalue weighted by molar-refractivity contribution is -0.137. The molecule has 1 unspecified atom stereocenters. The SMILES string of the molecule is COC1=CC=C(CN2CCN(c3ccc4c(c3)NC(C(=O)N3CCN(Cc5ccc(C(F)(F)F)cc5)CC3)N4)CC2)CN1. The summed E-state index contributed by atoms with van der Waals surface area (Å²) < 4.78 is 43.8. The largest absolute Gasteiger partial charge is 0.483 e. The van der Waals surface area contributed by atoms with Gasteiger partial charge in [0.2, 0.25) is 0 Å². The molecule has 43 heavy (non-hydrogen) atoms. The number of allylic oxidation sites excluding steroid dienone is 2. The van der Waals surface area contributed by atoms with Crippen LogP contribution in [0.4, 0.5) is 30.2 Å². The highest BCUT2D eigenvalue weighted by Gasteiger charge is 2.33. The van der Waals surface area contributed by atoms with E-state index in [1.54, 1.807) is 7.11 Å². The molecule has 12 heteroatoms. The molecule has 6 rings (SSSR count). The van der Waals surface area contributed by atoms with Gasteiger partial charge < -0.3 is 30.5 Å². The second-order valence-corrected chi connectivity index (χ2v) is 11.4. The Kier molecular flexibility index (Phi) is 8.40. The van der Waals surface area contributed by atoms with Crippen molar-refractivity contribution in [3.63, 3.8) is 0 Å². The third-order valence-electron chi connectivity index (χ3n) is 8.57. The number of nitrogens with zero attached hydrogens (tertiary/aromatic N) is 4. The third-order valence-corrected chi connectivity index (χ3v) is 8.57. The Balaban J connectivity index is 0.962. The highest BCUT2D eigenvalue weighted by Crippen LogP contribution is 2.34. The summed E-state index contributed by atoms with van der Waals surface area (Å²) in [6.07, 6.45) is -0.732. The van der Waals surface area contributed by atoms with Crippen molar-refractivity contribution in [3.05, 3.63) is 77.2 Å². The molecule has 1 amide bonds.